The number of carbonyl (C=O) groups is 1. The van der Waals surface area contributed by atoms with Crippen molar-refractivity contribution in [3.63, 3.8) is 0 Å². The lowest BCUT2D eigenvalue weighted by Crippen LogP contribution is -2.21. The van der Waals surface area contributed by atoms with Crippen LogP contribution in [0.1, 0.15) is 5.56 Å². The molecule has 6 heteroatoms. The van der Waals surface area contributed by atoms with Crippen LogP contribution >= 0.6 is 0 Å². The Morgan fingerprint density at radius 3 is 2.86 bits per heavy atom. The van der Waals surface area contributed by atoms with Crippen molar-refractivity contribution in [3.8, 4) is 0 Å². The Hall–Kier alpha value is -1.95. The van der Waals surface area contributed by atoms with Gasteiger partial charge >= 0.3 is 0 Å². The number of nitro groups is 1. The maximum atomic E-state index is 11.1. The Balaban J connectivity index is 2.61. The summed E-state index contributed by atoms with van der Waals surface area (Å²) in [5.41, 5.74) is 0.335. The first-order chi connectivity index (χ1) is 6.61. The Labute approximate surface area is 78.5 Å². The number of amides is 1. The van der Waals surface area contributed by atoms with E-state index in [1.165, 1.54) is 18.2 Å². The molecule has 1 aliphatic heterocycles. The first kappa shape index (κ1) is 8.64. The van der Waals surface area contributed by atoms with E-state index >= 15 is 0 Å². The molecule has 1 N–H and O–H groups in total. The van der Waals surface area contributed by atoms with Crippen molar-refractivity contribution in [1.82, 2.24) is 0 Å². The monoisotopic (exact) mass is 194 g/mol. The van der Waals surface area contributed by atoms with Gasteiger partial charge in [-0.05, 0) is 6.07 Å². The smallest absolute Gasteiger partial charge is 0.275 e. The van der Waals surface area contributed by atoms with Crippen LogP contribution < -0.4 is 5.06 Å². The fourth-order valence-corrected chi connectivity index (χ4v) is 1.47. The normalized spacial score (nSPS) is 14.4. The first-order valence-corrected chi connectivity index (χ1v) is 3.89. The Bertz CT molecular complexity index is 429. The van der Waals surface area contributed by atoms with Gasteiger partial charge in [-0.15, -0.1) is 0 Å². The second kappa shape index (κ2) is 2.78. The van der Waals surface area contributed by atoms with E-state index in [0.717, 1.165) is 0 Å². The third-order valence-corrected chi connectivity index (χ3v) is 2.12. The van der Waals surface area contributed by atoms with Crippen LogP contribution in [-0.2, 0) is 11.2 Å². The SMILES string of the molecule is O=C1Cc2c(cccc2[N+](=O)[O-])N1O. The highest BCUT2D eigenvalue weighted by atomic mass is 16.6. The van der Waals surface area contributed by atoms with Gasteiger partial charge in [-0.25, -0.2) is 0 Å². The molecule has 0 saturated heterocycles. The van der Waals surface area contributed by atoms with Crippen LogP contribution in [0.3, 0.4) is 0 Å². The van der Waals surface area contributed by atoms with Crippen LogP contribution in [0.25, 0.3) is 0 Å². The number of anilines is 1. The third kappa shape index (κ3) is 1.05. The average molecular weight is 194 g/mol. The molecule has 0 aliphatic carbocycles. The molecule has 72 valence electrons. The number of benzene rings is 1. The molecular weight excluding hydrogens is 188 g/mol. The summed E-state index contributed by atoms with van der Waals surface area (Å²) in [6, 6.07) is 4.21. The molecule has 0 unspecified atom stereocenters. The fraction of sp³-hybridized carbons (Fsp3) is 0.125. The van der Waals surface area contributed by atoms with Gasteiger partial charge in [0, 0.05) is 6.07 Å². The molecule has 14 heavy (non-hydrogen) atoms. The summed E-state index contributed by atoms with van der Waals surface area (Å²) < 4.78 is 0. The van der Waals surface area contributed by atoms with E-state index in [9.17, 15) is 20.1 Å². The number of rotatable bonds is 1. The standard InChI is InChI=1S/C8H6N2O4/c11-8-4-5-6(9(8)12)2-1-3-7(5)10(13)14/h1-3,12H,4H2. The molecule has 0 radical (unpaired) electrons. The number of hydrogen-bond acceptors (Lipinski definition) is 4. The van der Waals surface area contributed by atoms with Crippen LogP contribution in [0.15, 0.2) is 18.2 Å². The second-order valence-electron chi connectivity index (χ2n) is 2.91. The van der Waals surface area contributed by atoms with E-state index in [-0.39, 0.29) is 23.4 Å². The van der Waals surface area contributed by atoms with Crippen LogP contribution in [0.2, 0.25) is 0 Å². The lowest BCUT2D eigenvalue weighted by molar-refractivity contribution is -0.385. The minimum Gasteiger partial charge on any atom is -0.281 e. The van der Waals surface area contributed by atoms with Crippen LogP contribution in [0, 0.1) is 10.1 Å². The fourth-order valence-electron chi connectivity index (χ4n) is 1.47. The molecule has 1 aromatic carbocycles. The summed E-state index contributed by atoms with van der Waals surface area (Å²) in [7, 11) is 0. The van der Waals surface area contributed by atoms with E-state index in [1.807, 2.05) is 0 Å². The van der Waals surface area contributed by atoms with Crippen LogP contribution in [-0.4, -0.2) is 16.0 Å². The molecule has 0 spiro atoms. The largest absolute Gasteiger partial charge is 0.281 e. The molecular formula is C8H6N2O4. The Kier molecular flexibility index (Phi) is 1.71. The molecule has 1 aromatic rings. The van der Waals surface area contributed by atoms with Crippen molar-refractivity contribution in [3.05, 3.63) is 33.9 Å². The van der Waals surface area contributed by atoms with E-state index in [1.54, 1.807) is 0 Å². The molecule has 6 nitrogen and oxygen atoms in total. The van der Waals surface area contributed by atoms with E-state index in [4.69, 9.17) is 0 Å². The molecule has 1 aliphatic rings. The number of carbonyl (C=O) groups excluding carboxylic acids is 1. The van der Waals surface area contributed by atoms with Crippen molar-refractivity contribution in [2.75, 3.05) is 5.06 Å². The third-order valence-electron chi connectivity index (χ3n) is 2.12. The molecule has 2 rings (SSSR count). The van der Waals surface area contributed by atoms with E-state index < -0.39 is 10.8 Å². The van der Waals surface area contributed by atoms with Crippen LogP contribution in [0.4, 0.5) is 11.4 Å². The number of nitrogens with zero attached hydrogens (tertiary/aromatic N) is 2. The zero-order valence-corrected chi connectivity index (χ0v) is 7.01. The van der Waals surface area contributed by atoms with Gasteiger partial charge in [0.2, 0.25) is 0 Å². The Morgan fingerprint density at radius 1 is 1.50 bits per heavy atom. The molecule has 1 heterocycles. The molecule has 1 amide bonds. The summed E-state index contributed by atoms with van der Waals surface area (Å²) >= 11 is 0. The number of fused-ring (bicyclic) bond motifs is 1. The molecule has 0 atom stereocenters. The minimum absolute atomic E-state index is 0.122. The summed E-state index contributed by atoms with van der Waals surface area (Å²) in [6.45, 7) is 0. The minimum atomic E-state index is -0.564. The second-order valence-corrected chi connectivity index (χ2v) is 2.91. The average Bonchev–Trinajstić information content (AvgIpc) is 2.43. The quantitative estimate of drug-likeness (QED) is 0.408. The topological polar surface area (TPSA) is 83.7 Å². The van der Waals surface area contributed by atoms with Gasteiger partial charge in [0.1, 0.15) is 0 Å². The molecule has 0 aromatic heterocycles. The van der Waals surface area contributed by atoms with Crippen molar-refractivity contribution >= 4 is 17.3 Å². The first-order valence-electron chi connectivity index (χ1n) is 3.89. The predicted molar refractivity (Wildman–Crippen MR) is 46.1 cm³/mol. The van der Waals surface area contributed by atoms with Crippen molar-refractivity contribution in [2.45, 2.75) is 6.42 Å². The van der Waals surface area contributed by atoms with Gasteiger partial charge in [0.05, 0.1) is 22.6 Å². The maximum Gasteiger partial charge on any atom is 0.275 e. The van der Waals surface area contributed by atoms with Gasteiger partial charge in [-0.1, -0.05) is 6.07 Å². The van der Waals surface area contributed by atoms with Gasteiger partial charge < -0.3 is 0 Å². The lowest BCUT2D eigenvalue weighted by Gasteiger charge is -2.06. The zero-order chi connectivity index (χ0) is 10.3. The molecule has 0 bridgehead atoms. The van der Waals surface area contributed by atoms with Crippen LogP contribution in [0.5, 0.6) is 0 Å². The zero-order valence-electron chi connectivity index (χ0n) is 7.01. The number of hydrogen-bond donors (Lipinski definition) is 1. The van der Waals surface area contributed by atoms with Crippen molar-refractivity contribution < 1.29 is 14.9 Å². The maximum absolute atomic E-state index is 11.1. The van der Waals surface area contributed by atoms with Gasteiger partial charge in [-0.2, -0.15) is 5.06 Å². The summed E-state index contributed by atoms with van der Waals surface area (Å²) in [5, 5.41) is 20.2. The van der Waals surface area contributed by atoms with Gasteiger partial charge in [-0.3, -0.25) is 20.1 Å². The number of nitro benzene ring substituents is 1. The van der Waals surface area contributed by atoms with Gasteiger partial charge in [0.15, 0.2) is 0 Å². The molecule has 0 fully saturated rings. The van der Waals surface area contributed by atoms with E-state index in [0.29, 0.717) is 5.06 Å². The highest BCUT2D eigenvalue weighted by Gasteiger charge is 2.32. The van der Waals surface area contributed by atoms with Crippen molar-refractivity contribution in [1.29, 1.82) is 0 Å². The summed E-state index contributed by atoms with van der Waals surface area (Å²) in [5.74, 6) is -0.547. The highest BCUT2D eigenvalue weighted by molar-refractivity contribution is 6.00. The highest BCUT2D eigenvalue weighted by Crippen LogP contribution is 2.33. The summed E-state index contributed by atoms with van der Waals surface area (Å²) in [4.78, 5) is 21.1. The lowest BCUT2D eigenvalue weighted by atomic mass is 10.1. The number of hydroxylamine groups is 1. The molecule has 0 saturated carbocycles. The predicted octanol–water partition coefficient (Wildman–Crippen LogP) is 0.873. The Morgan fingerprint density at radius 2 is 2.21 bits per heavy atom. The van der Waals surface area contributed by atoms with E-state index in [2.05, 4.69) is 0 Å². The van der Waals surface area contributed by atoms with Crippen molar-refractivity contribution in [2.24, 2.45) is 0 Å². The van der Waals surface area contributed by atoms with Gasteiger partial charge in [0.25, 0.3) is 11.6 Å². The summed E-state index contributed by atoms with van der Waals surface area (Å²) in [6.07, 6.45) is -0.122.